The Morgan fingerprint density at radius 1 is 1.07 bits per heavy atom. The molecule has 4 aromatic rings. The Bertz CT molecular complexity index is 1650. The minimum absolute atomic E-state index is 0.0117. The van der Waals surface area contributed by atoms with Crippen LogP contribution in [0.15, 0.2) is 35.1 Å². The van der Waals surface area contributed by atoms with Crippen LogP contribution < -0.4 is 10.9 Å². The lowest BCUT2D eigenvalue weighted by Gasteiger charge is -2.38. The average Bonchev–Trinajstić information content (AvgIpc) is 3.75. The molecule has 2 aliphatic heterocycles. The van der Waals surface area contributed by atoms with Crippen molar-refractivity contribution in [3.63, 3.8) is 0 Å². The van der Waals surface area contributed by atoms with E-state index < -0.39 is 6.10 Å². The molecule has 4 heterocycles. The summed E-state index contributed by atoms with van der Waals surface area (Å²) >= 11 is 0. The number of hydrogen-bond acceptors (Lipinski definition) is 8. The molecule has 1 atom stereocenters. The van der Waals surface area contributed by atoms with Crippen molar-refractivity contribution >= 4 is 21.9 Å². The summed E-state index contributed by atoms with van der Waals surface area (Å²) in [6.07, 6.45) is 8.24. The van der Waals surface area contributed by atoms with Crippen molar-refractivity contribution in [2.45, 2.75) is 76.2 Å². The number of nitrogens with one attached hydrogen (secondary N) is 2. The van der Waals surface area contributed by atoms with Crippen molar-refractivity contribution in [2.24, 2.45) is 0 Å². The number of rotatable bonds is 9. The van der Waals surface area contributed by atoms with Crippen LogP contribution >= 0.6 is 0 Å². The smallest absolute Gasteiger partial charge is 0.248 e. The van der Waals surface area contributed by atoms with Crippen molar-refractivity contribution in [1.82, 2.24) is 30.2 Å². The Morgan fingerprint density at radius 2 is 1.93 bits per heavy atom. The zero-order valence-corrected chi connectivity index (χ0v) is 24.1. The minimum atomic E-state index is -0.798. The largest absolute Gasteiger partial charge is 0.506 e. The Morgan fingerprint density at radius 3 is 2.76 bits per heavy atom. The summed E-state index contributed by atoms with van der Waals surface area (Å²) in [5.41, 5.74) is 6.99. The number of piperidine rings is 1. The highest BCUT2D eigenvalue weighted by atomic mass is 16.5. The highest BCUT2D eigenvalue weighted by molar-refractivity contribution is 5.87. The predicted molar refractivity (Wildman–Crippen MR) is 161 cm³/mol. The Labute approximate surface area is 244 Å². The molecule has 10 heteroatoms. The number of phenols is 1. The number of fused-ring (bicyclic) bond motifs is 4. The quantitative estimate of drug-likeness (QED) is 0.241. The van der Waals surface area contributed by atoms with Gasteiger partial charge >= 0.3 is 0 Å². The number of aromatic amines is 1. The average molecular weight is 573 g/mol. The first-order valence-electron chi connectivity index (χ1n) is 15.5. The molecule has 7 rings (SSSR count). The molecule has 1 aliphatic carbocycles. The summed E-state index contributed by atoms with van der Waals surface area (Å²) in [4.78, 5) is 17.0. The van der Waals surface area contributed by atoms with Gasteiger partial charge in [0.25, 0.3) is 0 Å². The molecule has 1 spiro atoms. The van der Waals surface area contributed by atoms with Crippen molar-refractivity contribution in [3.8, 4) is 5.75 Å². The van der Waals surface area contributed by atoms with Gasteiger partial charge in [-0.2, -0.15) is 0 Å². The monoisotopic (exact) mass is 572 g/mol. The second-order valence-corrected chi connectivity index (χ2v) is 12.3. The molecule has 2 fully saturated rings. The van der Waals surface area contributed by atoms with E-state index in [-0.39, 0.29) is 16.9 Å². The van der Waals surface area contributed by atoms with Crippen molar-refractivity contribution in [1.29, 1.82) is 0 Å². The van der Waals surface area contributed by atoms with Gasteiger partial charge in [-0.1, -0.05) is 11.3 Å². The molecule has 0 saturated carbocycles. The number of likely N-dealkylation sites (tertiary alicyclic amines) is 1. The zero-order valence-electron chi connectivity index (χ0n) is 24.1. The van der Waals surface area contributed by atoms with E-state index >= 15 is 0 Å². The van der Waals surface area contributed by atoms with Crippen LogP contribution in [0.2, 0.25) is 0 Å². The number of aromatic hydroxyl groups is 1. The first kappa shape index (κ1) is 27.5. The summed E-state index contributed by atoms with van der Waals surface area (Å²) in [5.74, 6) is -0.0117. The molecule has 3 aliphatic rings. The van der Waals surface area contributed by atoms with E-state index in [0.29, 0.717) is 29.6 Å². The van der Waals surface area contributed by atoms with Gasteiger partial charge in [0.15, 0.2) is 0 Å². The van der Waals surface area contributed by atoms with Gasteiger partial charge in [0.2, 0.25) is 5.56 Å². The molecule has 0 radical (unpaired) electrons. The van der Waals surface area contributed by atoms with Gasteiger partial charge in [-0.05, 0) is 98.4 Å². The second kappa shape index (κ2) is 11.4. The lowest BCUT2D eigenvalue weighted by Crippen LogP contribution is -2.44. The van der Waals surface area contributed by atoms with E-state index in [1.165, 1.54) is 47.2 Å². The number of hydrogen-bond donors (Lipinski definition) is 4. The number of benzene rings is 2. The van der Waals surface area contributed by atoms with Gasteiger partial charge < -0.3 is 30.2 Å². The third kappa shape index (κ3) is 5.21. The number of phenolic OH excluding ortho intramolecular Hbond substituents is 1. The molecule has 10 nitrogen and oxygen atoms in total. The zero-order chi connectivity index (χ0) is 28.7. The fourth-order valence-corrected chi connectivity index (χ4v) is 7.44. The molecular formula is C32H40N6O4. The van der Waals surface area contributed by atoms with Crippen molar-refractivity contribution in [2.75, 3.05) is 32.8 Å². The third-order valence-corrected chi connectivity index (χ3v) is 9.68. The fourth-order valence-electron chi connectivity index (χ4n) is 7.44. The summed E-state index contributed by atoms with van der Waals surface area (Å²) in [7, 11) is 0. The molecule has 42 heavy (non-hydrogen) atoms. The molecule has 222 valence electrons. The van der Waals surface area contributed by atoms with E-state index in [1.807, 2.05) is 0 Å². The van der Waals surface area contributed by atoms with E-state index in [1.54, 1.807) is 12.1 Å². The van der Waals surface area contributed by atoms with E-state index in [2.05, 4.69) is 36.3 Å². The highest BCUT2D eigenvalue weighted by Crippen LogP contribution is 2.36. The normalized spacial score (nSPS) is 19.3. The van der Waals surface area contributed by atoms with Crippen LogP contribution in [0.25, 0.3) is 21.9 Å². The number of aliphatic hydroxyl groups excluding tert-OH is 1. The van der Waals surface area contributed by atoms with Crippen LogP contribution in [0.3, 0.4) is 0 Å². The minimum Gasteiger partial charge on any atom is -0.506 e. The van der Waals surface area contributed by atoms with Crippen molar-refractivity contribution < 1.29 is 14.9 Å². The van der Waals surface area contributed by atoms with Crippen LogP contribution in [0.4, 0.5) is 0 Å². The van der Waals surface area contributed by atoms with E-state index in [0.717, 1.165) is 76.8 Å². The Kier molecular flexibility index (Phi) is 7.47. The number of pyridine rings is 1. The SMILES string of the molecule is O=c1ccc2c([C@@H](O)CNCc3cc4nnn(CCCN5CCC6(CCCO6)CC5)c4c4c3CCC4)ccc(O)c2[nH]1. The van der Waals surface area contributed by atoms with Gasteiger partial charge in [-0.25, -0.2) is 4.68 Å². The van der Waals surface area contributed by atoms with Crippen LogP contribution in [-0.2, 0) is 30.7 Å². The van der Waals surface area contributed by atoms with Crippen LogP contribution in [-0.4, -0.2) is 73.5 Å². The third-order valence-electron chi connectivity index (χ3n) is 9.68. The Hall–Kier alpha value is -3.31. The molecule has 0 bridgehead atoms. The maximum Gasteiger partial charge on any atom is 0.248 e. The summed E-state index contributed by atoms with van der Waals surface area (Å²) in [6.45, 7) is 6.09. The van der Waals surface area contributed by atoms with Crippen molar-refractivity contribution in [3.05, 3.63) is 62.9 Å². The molecule has 0 amide bonds. The molecule has 2 saturated heterocycles. The van der Waals surface area contributed by atoms with Crippen LogP contribution in [0, 0.1) is 0 Å². The number of nitrogens with zero attached hydrogens (tertiary/aromatic N) is 4. The first-order chi connectivity index (χ1) is 20.5. The maximum absolute atomic E-state index is 11.7. The topological polar surface area (TPSA) is 129 Å². The number of aryl methyl sites for hydroxylation is 2. The van der Waals surface area contributed by atoms with Crippen LogP contribution in [0.1, 0.15) is 66.9 Å². The molecule has 4 N–H and O–H groups in total. The number of ether oxygens (including phenoxy) is 1. The molecule has 2 aromatic carbocycles. The lowest BCUT2D eigenvalue weighted by atomic mass is 9.88. The maximum atomic E-state index is 11.7. The van der Waals surface area contributed by atoms with E-state index in [9.17, 15) is 15.0 Å². The number of aliphatic hydroxyl groups is 1. The lowest BCUT2D eigenvalue weighted by molar-refractivity contribution is -0.0435. The van der Waals surface area contributed by atoms with Gasteiger partial charge in [0.1, 0.15) is 11.3 Å². The second-order valence-electron chi connectivity index (χ2n) is 12.3. The summed E-state index contributed by atoms with van der Waals surface area (Å²) in [5, 5.41) is 34.3. The number of aromatic nitrogens is 4. The van der Waals surface area contributed by atoms with Gasteiger partial charge in [0, 0.05) is 50.8 Å². The van der Waals surface area contributed by atoms with Crippen LogP contribution in [0.5, 0.6) is 5.75 Å². The summed E-state index contributed by atoms with van der Waals surface area (Å²) in [6, 6.07) is 8.42. The first-order valence-corrected chi connectivity index (χ1v) is 15.5. The highest BCUT2D eigenvalue weighted by Gasteiger charge is 2.38. The van der Waals surface area contributed by atoms with Gasteiger partial charge in [-0.15, -0.1) is 5.10 Å². The van der Waals surface area contributed by atoms with Gasteiger partial charge in [-0.3, -0.25) is 4.79 Å². The fraction of sp³-hybridized carbons (Fsp3) is 0.531. The standard InChI is InChI=1S/C32H40N6O4/c39-27-8-6-23(24-7-9-29(41)34-30(24)27)28(40)20-33-19-21-18-26-31(25-5-1-4-22(21)25)38(36-35-26)14-3-13-37-15-11-32(12-16-37)10-2-17-42-32/h6-9,18,28,33,39-40H,1-5,10-17,19-20H2,(H,34,41)/t28-/m0/s1. The predicted octanol–water partition coefficient (Wildman–Crippen LogP) is 3.33. The Balaban J connectivity index is 0.995. The molecule has 0 unspecified atom stereocenters. The number of H-pyrrole nitrogens is 1. The molecular weight excluding hydrogens is 532 g/mol. The summed E-state index contributed by atoms with van der Waals surface area (Å²) < 4.78 is 8.21. The van der Waals surface area contributed by atoms with Gasteiger partial charge in [0.05, 0.1) is 22.7 Å². The van der Waals surface area contributed by atoms with E-state index in [4.69, 9.17) is 4.74 Å². The molecule has 2 aromatic heterocycles.